The summed E-state index contributed by atoms with van der Waals surface area (Å²) in [6.07, 6.45) is 1.62. The molecule has 25 heavy (non-hydrogen) atoms. The number of thioether (sulfide) groups is 1. The van der Waals surface area contributed by atoms with Crippen molar-refractivity contribution in [2.24, 2.45) is 0 Å². The molecule has 9 heteroatoms. The van der Waals surface area contributed by atoms with Gasteiger partial charge in [0.05, 0.1) is 22.2 Å². The number of benzene rings is 1. The highest BCUT2D eigenvalue weighted by Crippen LogP contribution is 2.36. The molecule has 0 aromatic heterocycles. The Kier molecular flexibility index (Phi) is 6.71. The van der Waals surface area contributed by atoms with E-state index in [0.29, 0.717) is 25.5 Å². The minimum atomic E-state index is -0.471. The van der Waals surface area contributed by atoms with Gasteiger partial charge in [0.25, 0.3) is 11.1 Å². The molecule has 1 fully saturated rings. The monoisotopic (exact) mass is 477 g/mol. The van der Waals surface area contributed by atoms with Gasteiger partial charge in [-0.05, 0) is 65.0 Å². The van der Waals surface area contributed by atoms with Gasteiger partial charge in [0, 0.05) is 7.05 Å². The smallest absolute Gasteiger partial charge is 0.344 e. The standard InChI is InChI=1S/C16H16INO6S/c1-4-23-13(19)8-24-14-10(17)5-9(6-11(14)22-3)7-12-15(20)18(2)16(21)25-12/h5-7H,4,8H2,1-3H3/b12-7-. The van der Waals surface area contributed by atoms with Gasteiger partial charge in [-0.2, -0.15) is 0 Å². The van der Waals surface area contributed by atoms with Gasteiger partial charge >= 0.3 is 5.97 Å². The van der Waals surface area contributed by atoms with Gasteiger partial charge in [-0.25, -0.2) is 4.79 Å². The molecule has 2 amide bonds. The number of nitrogens with zero attached hydrogens (tertiary/aromatic N) is 1. The van der Waals surface area contributed by atoms with Gasteiger partial charge in [-0.1, -0.05) is 0 Å². The predicted octanol–water partition coefficient (Wildman–Crippen LogP) is 2.91. The first kappa shape index (κ1) is 19.6. The Bertz CT molecular complexity index is 748. The first-order chi connectivity index (χ1) is 11.9. The third-order valence-corrected chi connectivity index (χ3v) is 4.94. The summed E-state index contributed by atoms with van der Waals surface area (Å²) in [6.45, 7) is 1.77. The molecule has 0 radical (unpaired) electrons. The Hall–Kier alpha value is -1.75. The van der Waals surface area contributed by atoms with Crippen molar-refractivity contribution in [3.05, 3.63) is 26.2 Å². The fourth-order valence-electron chi connectivity index (χ4n) is 1.99. The summed E-state index contributed by atoms with van der Waals surface area (Å²) in [6, 6.07) is 3.44. The Morgan fingerprint density at radius 3 is 2.64 bits per heavy atom. The van der Waals surface area contributed by atoms with E-state index in [0.717, 1.165) is 16.7 Å². The number of hydrogen-bond acceptors (Lipinski definition) is 7. The maximum atomic E-state index is 12.0. The summed E-state index contributed by atoms with van der Waals surface area (Å²) >= 11 is 2.93. The lowest BCUT2D eigenvalue weighted by Gasteiger charge is -2.13. The molecule has 0 saturated carbocycles. The highest BCUT2D eigenvalue weighted by molar-refractivity contribution is 14.1. The first-order valence-corrected chi connectivity index (χ1v) is 9.14. The van der Waals surface area contributed by atoms with Crippen LogP contribution in [0.2, 0.25) is 0 Å². The number of amides is 2. The van der Waals surface area contributed by atoms with Crippen molar-refractivity contribution in [1.82, 2.24) is 4.90 Å². The second kappa shape index (κ2) is 8.56. The fraction of sp³-hybridized carbons (Fsp3) is 0.312. The topological polar surface area (TPSA) is 82.1 Å². The molecule has 0 aliphatic carbocycles. The number of rotatable bonds is 6. The Morgan fingerprint density at radius 1 is 1.36 bits per heavy atom. The summed E-state index contributed by atoms with van der Waals surface area (Å²) in [4.78, 5) is 36.4. The van der Waals surface area contributed by atoms with Gasteiger partial charge in [-0.15, -0.1) is 0 Å². The van der Waals surface area contributed by atoms with Crippen LogP contribution >= 0.6 is 34.4 Å². The Balaban J connectivity index is 2.26. The third kappa shape index (κ3) is 4.66. The summed E-state index contributed by atoms with van der Waals surface area (Å²) < 4.78 is 16.3. The van der Waals surface area contributed by atoms with Crippen molar-refractivity contribution < 1.29 is 28.6 Å². The number of imide groups is 1. The van der Waals surface area contributed by atoms with Crippen LogP contribution in [0.1, 0.15) is 12.5 Å². The van der Waals surface area contributed by atoms with E-state index < -0.39 is 5.97 Å². The maximum Gasteiger partial charge on any atom is 0.344 e. The van der Waals surface area contributed by atoms with Crippen LogP contribution in [0.4, 0.5) is 4.79 Å². The van der Waals surface area contributed by atoms with E-state index in [4.69, 9.17) is 14.2 Å². The normalized spacial score (nSPS) is 15.7. The Labute approximate surface area is 162 Å². The van der Waals surface area contributed by atoms with Crippen LogP contribution < -0.4 is 9.47 Å². The van der Waals surface area contributed by atoms with Crippen LogP contribution in [0, 0.1) is 3.57 Å². The number of carbonyl (C=O) groups excluding carboxylic acids is 3. The zero-order chi connectivity index (χ0) is 18.6. The molecule has 0 unspecified atom stereocenters. The van der Waals surface area contributed by atoms with Crippen molar-refractivity contribution in [2.45, 2.75) is 6.92 Å². The second-order valence-corrected chi connectivity index (χ2v) is 7.02. The molecule has 2 rings (SSSR count). The van der Waals surface area contributed by atoms with E-state index >= 15 is 0 Å². The predicted molar refractivity (Wildman–Crippen MR) is 102 cm³/mol. The van der Waals surface area contributed by atoms with Crippen molar-refractivity contribution >= 4 is 57.5 Å². The van der Waals surface area contributed by atoms with E-state index in [9.17, 15) is 14.4 Å². The minimum absolute atomic E-state index is 0.228. The van der Waals surface area contributed by atoms with Crippen LogP contribution in [-0.2, 0) is 14.3 Å². The van der Waals surface area contributed by atoms with Crippen molar-refractivity contribution in [2.75, 3.05) is 27.4 Å². The summed E-state index contributed by atoms with van der Waals surface area (Å²) in [5.41, 5.74) is 0.684. The number of likely N-dealkylation sites (N-methyl/N-ethyl adjacent to an activating group) is 1. The van der Waals surface area contributed by atoms with Crippen LogP contribution in [-0.4, -0.2) is 49.4 Å². The SMILES string of the molecule is CCOC(=O)COc1c(I)cc(/C=C2\SC(=O)N(C)C2=O)cc1OC. The van der Waals surface area contributed by atoms with Crippen LogP contribution in [0.5, 0.6) is 11.5 Å². The maximum absolute atomic E-state index is 12.0. The highest BCUT2D eigenvalue weighted by Gasteiger charge is 2.31. The molecule has 1 saturated heterocycles. The molecule has 0 spiro atoms. The minimum Gasteiger partial charge on any atom is -0.493 e. The zero-order valence-corrected chi connectivity index (χ0v) is 16.8. The van der Waals surface area contributed by atoms with E-state index in [1.807, 2.05) is 22.6 Å². The number of hydrogen-bond donors (Lipinski definition) is 0. The molecule has 0 atom stereocenters. The molecule has 0 N–H and O–H groups in total. The largest absolute Gasteiger partial charge is 0.493 e. The quantitative estimate of drug-likeness (QED) is 0.354. The molecular formula is C16H16INO6S. The third-order valence-electron chi connectivity index (χ3n) is 3.18. The summed E-state index contributed by atoms with van der Waals surface area (Å²) in [5, 5.41) is -0.313. The molecule has 7 nitrogen and oxygen atoms in total. The Morgan fingerprint density at radius 2 is 2.08 bits per heavy atom. The number of methoxy groups -OCH3 is 1. The highest BCUT2D eigenvalue weighted by atomic mass is 127. The lowest BCUT2D eigenvalue weighted by molar-refractivity contribution is -0.145. The van der Waals surface area contributed by atoms with Gasteiger partial charge in [0.2, 0.25) is 0 Å². The molecule has 1 aliphatic rings. The van der Waals surface area contributed by atoms with Crippen molar-refractivity contribution in [1.29, 1.82) is 0 Å². The van der Waals surface area contributed by atoms with Gasteiger partial charge in [-0.3, -0.25) is 14.5 Å². The van der Waals surface area contributed by atoms with E-state index in [1.54, 1.807) is 25.1 Å². The lowest BCUT2D eigenvalue weighted by atomic mass is 10.2. The van der Waals surface area contributed by atoms with Gasteiger partial charge < -0.3 is 14.2 Å². The molecular weight excluding hydrogens is 461 g/mol. The number of ether oxygens (including phenoxy) is 3. The molecule has 1 aliphatic heterocycles. The van der Waals surface area contributed by atoms with Crippen LogP contribution in [0.15, 0.2) is 17.0 Å². The van der Waals surface area contributed by atoms with Crippen LogP contribution in [0.25, 0.3) is 6.08 Å². The average Bonchev–Trinajstić information content (AvgIpc) is 2.80. The lowest BCUT2D eigenvalue weighted by Crippen LogP contribution is -2.22. The number of esters is 1. The molecule has 0 bridgehead atoms. The van der Waals surface area contributed by atoms with Gasteiger partial charge in [0.1, 0.15) is 0 Å². The first-order valence-electron chi connectivity index (χ1n) is 7.24. The van der Waals surface area contributed by atoms with E-state index in [-0.39, 0.29) is 24.4 Å². The van der Waals surface area contributed by atoms with E-state index in [2.05, 4.69) is 0 Å². The molecule has 134 valence electrons. The summed E-state index contributed by atoms with van der Waals surface area (Å²) in [7, 11) is 2.92. The van der Waals surface area contributed by atoms with Gasteiger partial charge in [0.15, 0.2) is 18.1 Å². The average molecular weight is 477 g/mol. The van der Waals surface area contributed by atoms with Crippen molar-refractivity contribution in [3.8, 4) is 11.5 Å². The second-order valence-electron chi connectivity index (χ2n) is 4.87. The summed E-state index contributed by atoms with van der Waals surface area (Å²) in [5.74, 6) is 0.0164. The number of halogens is 1. The van der Waals surface area contributed by atoms with Crippen molar-refractivity contribution in [3.63, 3.8) is 0 Å². The zero-order valence-electron chi connectivity index (χ0n) is 13.8. The molecule has 1 heterocycles. The molecule has 1 aromatic carbocycles. The molecule has 1 aromatic rings. The van der Waals surface area contributed by atoms with E-state index in [1.165, 1.54) is 14.2 Å². The number of carbonyl (C=O) groups is 3. The fourth-order valence-corrected chi connectivity index (χ4v) is 3.60. The van der Waals surface area contributed by atoms with Crippen LogP contribution in [0.3, 0.4) is 0 Å².